The number of aromatic carboxylic acids is 1. The standard InChI is InChI=1S/C12H10ClF2NO3/c13-4-6-1-11(17)16(5-6)10-2-7(12(18)19)8(14)3-9(10)15/h2-3,6H,1,4-5H2,(H,18,19). The zero-order valence-corrected chi connectivity index (χ0v) is 10.5. The normalized spacial score (nSPS) is 19.0. The second-order valence-corrected chi connectivity index (χ2v) is 4.63. The van der Waals surface area contributed by atoms with Crippen LogP contribution in [0.4, 0.5) is 14.5 Å². The van der Waals surface area contributed by atoms with Gasteiger partial charge in [-0.15, -0.1) is 11.6 Å². The Kier molecular flexibility index (Phi) is 3.71. The van der Waals surface area contributed by atoms with Crippen LogP contribution in [0, 0.1) is 17.6 Å². The first-order chi connectivity index (χ1) is 8.93. The Morgan fingerprint density at radius 2 is 2.11 bits per heavy atom. The summed E-state index contributed by atoms with van der Waals surface area (Å²) in [6, 6.07) is 1.31. The zero-order chi connectivity index (χ0) is 14.2. The van der Waals surface area contributed by atoms with Crippen molar-refractivity contribution in [2.45, 2.75) is 6.42 Å². The second kappa shape index (κ2) is 5.13. The van der Waals surface area contributed by atoms with Crippen molar-refractivity contribution in [1.82, 2.24) is 0 Å². The smallest absolute Gasteiger partial charge is 0.338 e. The van der Waals surface area contributed by atoms with Crippen LogP contribution >= 0.6 is 11.6 Å². The minimum Gasteiger partial charge on any atom is -0.478 e. The molecule has 0 radical (unpaired) electrons. The Morgan fingerprint density at radius 3 is 2.63 bits per heavy atom. The molecule has 0 saturated carbocycles. The van der Waals surface area contributed by atoms with E-state index in [0.717, 1.165) is 11.0 Å². The van der Waals surface area contributed by atoms with Crippen molar-refractivity contribution in [3.8, 4) is 0 Å². The van der Waals surface area contributed by atoms with E-state index in [2.05, 4.69) is 0 Å². The number of carboxylic acid groups (broad SMARTS) is 1. The number of hydrogen-bond acceptors (Lipinski definition) is 2. The number of amides is 1. The maximum absolute atomic E-state index is 13.7. The molecule has 0 spiro atoms. The lowest BCUT2D eigenvalue weighted by Crippen LogP contribution is -2.26. The fourth-order valence-corrected chi connectivity index (χ4v) is 2.23. The van der Waals surface area contributed by atoms with Gasteiger partial charge in [0.1, 0.15) is 11.6 Å². The Morgan fingerprint density at radius 1 is 1.42 bits per heavy atom. The molecule has 1 aliphatic rings. The predicted molar refractivity (Wildman–Crippen MR) is 64.5 cm³/mol. The van der Waals surface area contributed by atoms with Gasteiger partial charge >= 0.3 is 5.97 Å². The van der Waals surface area contributed by atoms with Gasteiger partial charge in [-0.3, -0.25) is 4.79 Å². The fourth-order valence-electron chi connectivity index (χ4n) is 2.03. The van der Waals surface area contributed by atoms with Gasteiger partial charge < -0.3 is 10.0 Å². The van der Waals surface area contributed by atoms with E-state index in [-0.39, 0.29) is 36.4 Å². The van der Waals surface area contributed by atoms with Crippen molar-refractivity contribution in [3.05, 3.63) is 29.3 Å². The molecule has 2 rings (SSSR count). The summed E-state index contributed by atoms with van der Waals surface area (Å²) in [5.74, 6) is -3.88. The third-order valence-electron chi connectivity index (χ3n) is 2.98. The van der Waals surface area contributed by atoms with Crippen LogP contribution in [-0.2, 0) is 4.79 Å². The Labute approximate surface area is 112 Å². The second-order valence-electron chi connectivity index (χ2n) is 4.32. The Balaban J connectivity index is 2.42. The van der Waals surface area contributed by atoms with Crippen LogP contribution < -0.4 is 4.90 Å². The summed E-state index contributed by atoms with van der Waals surface area (Å²) in [6.45, 7) is 0.198. The lowest BCUT2D eigenvalue weighted by Gasteiger charge is -2.18. The number of nitrogens with zero attached hydrogens (tertiary/aromatic N) is 1. The van der Waals surface area contributed by atoms with E-state index in [1.54, 1.807) is 0 Å². The van der Waals surface area contributed by atoms with Crippen LogP contribution in [-0.4, -0.2) is 29.4 Å². The number of alkyl halides is 1. The number of carboxylic acids is 1. The lowest BCUT2D eigenvalue weighted by molar-refractivity contribution is -0.117. The molecule has 0 bridgehead atoms. The van der Waals surface area contributed by atoms with Gasteiger partial charge in [-0.2, -0.15) is 0 Å². The van der Waals surface area contributed by atoms with Crippen molar-refractivity contribution in [2.24, 2.45) is 5.92 Å². The average molecular weight is 290 g/mol. The SMILES string of the molecule is O=C(O)c1cc(N2CC(CCl)CC2=O)c(F)cc1F. The minimum atomic E-state index is -1.51. The quantitative estimate of drug-likeness (QED) is 0.868. The predicted octanol–water partition coefficient (Wildman–Crippen LogP) is 2.25. The van der Waals surface area contributed by atoms with Gasteiger partial charge in [0.15, 0.2) is 0 Å². The average Bonchev–Trinajstić information content (AvgIpc) is 2.70. The van der Waals surface area contributed by atoms with Gasteiger partial charge in [0.05, 0.1) is 11.3 Å². The Hall–Kier alpha value is -1.69. The number of carbonyl (C=O) groups is 2. The first kappa shape index (κ1) is 13.7. The van der Waals surface area contributed by atoms with Crippen LogP contribution in [0.15, 0.2) is 12.1 Å². The number of anilines is 1. The van der Waals surface area contributed by atoms with Crippen LogP contribution in [0.3, 0.4) is 0 Å². The monoisotopic (exact) mass is 289 g/mol. The third kappa shape index (κ3) is 2.53. The zero-order valence-electron chi connectivity index (χ0n) is 9.70. The molecule has 1 amide bonds. The van der Waals surface area contributed by atoms with Gasteiger partial charge in [0.2, 0.25) is 5.91 Å². The summed E-state index contributed by atoms with van der Waals surface area (Å²) in [7, 11) is 0. The van der Waals surface area contributed by atoms with Crippen molar-refractivity contribution < 1.29 is 23.5 Å². The summed E-state index contributed by atoms with van der Waals surface area (Å²) in [4.78, 5) is 23.6. The molecule has 102 valence electrons. The molecule has 1 heterocycles. The van der Waals surface area contributed by atoms with Gasteiger partial charge in [-0.1, -0.05) is 0 Å². The summed E-state index contributed by atoms with van der Waals surface area (Å²) in [5.41, 5.74) is -0.894. The molecule has 0 aliphatic carbocycles. The molecule has 1 unspecified atom stereocenters. The minimum absolute atomic E-state index is 0.119. The third-order valence-corrected chi connectivity index (χ3v) is 3.42. The number of carbonyl (C=O) groups excluding carboxylic acids is 1. The summed E-state index contributed by atoms with van der Waals surface area (Å²) in [6.07, 6.45) is 0.169. The summed E-state index contributed by atoms with van der Waals surface area (Å²) >= 11 is 5.65. The highest BCUT2D eigenvalue weighted by Gasteiger charge is 2.32. The lowest BCUT2D eigenvalue weighted by atomic mass is 10.1. The maximum atomic E-state index is 13.7. The van der Waals surface area contributed by atoms with Gasteiger partial charge in [-0.25, -0.2) is 13.6 Å². The number of rotatable bonds is 3. The largest absolute Gasteiger partial charge is 0.478 e. The van der Waals surface area contributed by atoms with E-state index in [1.165, 1.54) is 0 Å². The van der Waals surface area contributed by atoms with Crippen LogP contribution in [0.25, 0.3) is 0 Å². The van der Waals surface area contributed by atoms with E-state index in [1.807, 2.05) is 0 Å². The van der Waals surface area contributed by atoms with Crippen LogP contribution in [0.2, 0.25) is 0 Å². The van der Waals surface area contributed by atoms with Crippen molar-refractivity contribution in [2.75, 3.05) is 17.3 Å². The maximum Gasteiger partial charge on any atom is 0.338 e. The Bertz CT molecular complexity index is 550. The topological polar surface area (TPSA) is 57.6 Å². The highest BCUT2D eigenvalue weighted by Crippen LogP contribution is 2.29. The molecule has 1 atom stereocenters. The molecular formula is C12H10ClF2NO3. The van der Waals surface area contributed by atoms with Crippen molar-refractivity contribution in [3.63, 3.8) is 0 Å². The number of halogens is 3. The summed E-state index contributed by atoms with van der Waals surface area (Å²) in [5, 5.41) is 8.80. The summed E-state index contributed by atoms with van der Waals surface area (Å²) < 4.78 is 27.0. The molecule has 1 aliphatic heterocycles. The van der Waals surface area contributed by atoms with Gasteiger partial charge in [-0.05, 0) is 12.0 Å². The van der Waals surface area contributed by atoms with Crippen LogP contribution in [0.5, 0.6) is 0 Å². The van der Waals surface area contributed by atoms with E-state index in [0.29, 0.717) is 6.07 Å². The first-order valence-corrected chi connectivity index (χ1v) is 6.06. The molecule has 1 N–H and O–H groups in total. The molecule has 1 fully saturated rings. The van der Waals surface area contributed by atoms with E-state index < -0.39 is 23.2 Å². The number of benzene rings is 1. The molecule has 1 aromatic carbocycles. The molecule has 1 saturated heterocycles. The van der Waals surface area contributed by atoms with Gasteiger partial charge in [0, 0.05) is 24.9 Å². The van der Waals surface area contributed by atoms with E-state index >= 15 is 0 Å². The molecule has 1 aromatic rings. The highest BCUT2D eigenvalue weighted by atomic mass is 35.5. The molecule has 4 nitrogen and oxygen atoms in total. The molecular weight excluding hydrogens is 280 g/mol. The van der Waals surface area contributed by atoms with E-state index in [9.17, 15) is 18.4 Å². The van der Waals surface area contributed by atoms with Crippen LogP contribution in [0.1, 0.15) is 16.8 Å². The fraction of sp³-hybridized carbons (Fsp3) is 0.333. The first-order valence-electron chi connectivity index (χ1n) is 5.52. The molecule has 7 heteroatoms. The van der Waals surface area contributed by atoms with Gasteiger partial charge in [0.25, 0.3) is 0 Å². The number of hydrogen-bond donors (Lipinski definition) is 1. The molecule has 19 heavy (non-hydrogen) atoms. The van der Waals surface area contributed by atoms with Crippen molar-refractivity contribution >= 4 is 29.2 Å². The van der Waals surface area contributed by atoms with E-state index in [4.69, 9.17) is 16.7 Å². The highest BCUT2D eigenvalue weighted by molar-refractivity contribution is 6.18. The molecule has 0 aromatic heterocycles. The van der Waals surface area contributed by atoms with Crippen molar-refractivity contribution in [1.29, 1.82) is 0 Å².